The van der Waals surface area contributed by atoms with Crippen molar-refractivity contribution in [2.24, 2.45) is 22.7 Å². The minimum Gasteiger partial charge on any atom is -0.481 e. The highest BCUT2D eigenvalue weighted by atomic mass is 79.9. The van der Waals surface area contributed by atoms with Crippen molar-refractivity contribution in [1.29, 1.82) is 0 Å². The highest BCUT2D eigenvalue weighted by Crippen LogP contribution is 2.75. The Bertz CT molecular complexity index is 811. The lowest BCUT2D eigenvalue weighted by Gasteiger charge is -2.63. The molecule has 8 atom stereocenters. The molecule has 2 unspecified atom stereocenters. The Morgan fingerprint density at radius 2 is 2.03 bits per heavy atom. The van der Waals surface area contributed by atoms with Crippen LogP contribution in [0.25, 0.3) is 0 Å². The lowest BCUT2D eigenvalue weighted by Crippen LogP contribution is -2.66. The van der Waals surface area contributed by atoms with E-state index in [1.807, 2.05) is 6.08 Å². The number of carbonyl (C=O) groups is 2. The second kappa shape index (κ2) is 6.15. The van der Waals surface area contributed by atoms with Gasteiger partial charge in [0.2, 0.25) is 0 Å². The van der Waals surface area contributed by atoms with Crippen LogP contribution in [0.1, 0.15) is 64.7 Å². The zero-order valence-electron chi connectivity index (χ0n) is 16.7. The topological polar surface area (TPSA) is 104 Å². The number of hydrogen-bond donors (Lipinski definition) is 3. The standard InChI is InChI=1S/C22H29BrO6/c1-19-7-4-13(24)10-12(19)2-3-15-14-5-8-20(28,9-6-17(25)26)21(14)11-16(22(15,19)23)29-18(21)27/h10,14-16,18,27-28H,2-9,11H2,1H3,(H,25,26)/t14-,15-,16?,18?,19-,20-,21-,22-/m0/s1. The molecule has 5 rings (SSSR count). The fourth-order valence-corrected chi connectivity index (χ4v) is 9.23. The summed E-state index contributed by atoms with van der Waals surface area (Å²) >= 11 is 4.14. The molecule has 0 radical (unpaired) electrons. The number of carboxylic acid groups (broad SMARTS) is 1. The van der Waals surface area contributed by atoms with Crippen molar-refractivity contribution >= 4 is 27.7 Å². The van der Waals surface area contributed by atoms with Crippen LogP contribution in [-0.4, -0.2) is 49.4 Å². The van der Waals surface area contributed by atoms with Crippen LogP contribution in [0.4, 0.5) is 0 Å². The molecule has 5 aliphatic rings. The molecule has 0 amide bonds. The van der Waals surface area contributed by atoms with Crippen molar-refractivity contribution < 1.29 is 29.6 Å². The van der Waals surface area contributed by atoms with Gasteiger partial charge in [-0.05, 0) is 62.9 Å². The number of allylic oxidation sites excluding steroid dienone is 1. The van der Waals surface area contributed by atoms with E-state index in [1.165, 1.54) is 5.57 Å². The molecule has 3 saturated carbocycles. The summed E-state index contributed by atoms with van der Waals surface area (Å²) < 4.78 is 5.80. The second-order valence-electron chi connectivity index (χ2n) is 10.2. The average molecular weight is 469 g/mol. The summed E-state index contributed by atoms with van der Waals surface area (Å²) in [6.45, 7) is 2.22. The summed E-state index contributed by atoms with van der Waals surface area (Å²) in [6.07, 6.45) is 5.27. The first kappa shape index (κ1) is 20.2. The zero-order chi connectivity index (χ0) is 20.8. The van der Waals surface area contributed by atoms with Gasteiger partial charge in [-0.15, -0.1) is 0 Å². The Hall–Kier alpha value is -0.760. The van der Waals surface area contributed by atoms with Gasteiger partial charge in [0.25, 0.3) is 0 Å². The highest BCUT2D eigenvalue weighted by molar-refractivity contribution is 9.10. The molecule has 0 aromatic heterocycles. The number of aliphatic hydroxyl groups is 2. The highest BCUT2D eigenvalue weighted by Gasteiger charge is 2.78. The molecule has 3 N–H and O–H groups in total. The van der Waals surface area contributed by atoms with E-state index in [2.05, 4.69) is 22.9 Å². The minimum atomic E-state index is -1.22. The maximum Gasteiger partial charge on any atom is 0.303 e. The first-order chi connectivity index (χ1) is 13.6. The van der Waals surface area contributed by atoms with Gasteiger partial charge in [0, 0.05) is 18.3 Å². The van der Waals surface area contributed by atoms with Crippen molar-refractivity contribution in [3.63, 3.8) is 0 Å². The third kappa shape index (κ3) is 2.28. The fraction of sp³-hybridized carbons (Fsp3) is 0.818. The predicted molar refractivity (Wildman–Crippen MR) is 107 cm³/mol. The Morgan fingerprint density at radius 1 is 1.28 bits per heavy atom. The number of aliphatic hydroxyl groups excluding tert-OH is 1. The molecule has 4 fully saturated rings. The monoisotopic (exact) mass is 468 g/mol. The number of fused-ring (bicyclic) bond motifs is 6. The van der Waals surface area contributed by atoms with E-state index in [-0.39, 0.29) is 42.0 Å². The van der Waals surface area contributed by atoms with Crippen LogP contribution >= 0.6 is 15.9 Å². The van der Waals surface area contributed by atoms with Crippen LogP contribution in [0.15, 0.2) is 11.6 Å². The van der Waals surface area contributed by atoms with Crippen molar-refractivity contribution in [3.05, 3.63) is 11.6 Å². The SMILES string of the molecule is C[C@]12CCC(=O)C=C1CC[C@H]1[C@@H]3CC[C@](O)(CCC(=O)O)[C@@]34CC(OC4O)[C@@]12Br. The quantitative estimate of drug-likeness (QED) is 0.550. The number of carboxylic acids is 1. The minimum absolute atomic E-state index is 0.0606. The van der Waals surface area contributed by atoms with Gasteiger partial charge in [0.05, 0.1) is 21.4 Å². The molecule has 1 aliphatic heterocycles. The largest absolute Gasteiger partial charge is 0.481 e. The fourth-order valence-electron chi connectivity index (χ4n) is 7.96. The van der Waals surface area contributed by atoms with E-state index in [0.29, 0.717) is 19.3 Å². The van der Waals surface area contributed by atoms with Crippen LogP contribution in [-0.2, 0) is 14.3 Å². The number of hydrogen-bond acceptors (Lipinski definition) is 5. The van der Waals surface area contributed by atoms with Crippen LogP contribution in [0.5, 0.6) is 0 Å². The lowest BCUT2D eigenvalue weighted by atomic mass is 9.45. The van der Waals surface area contributed by atoms with E-state index in [0.717, 1.165) is 25.7 Å². The van der Waals surface area contributed by atoms with Crippen LogP contribution in [0.3, 0.4) is 0 Å². The molecule has 160 valence electrons. The number of carbonyl (C=O) groups excluding carboxylic acids is 1. The maximum absolute atomic E-state index is 12.1. The summed E-state index contributed by atoms with van der Waals surface area (Å²) in [7, 11) is 0. The summed E-state index contributed by atoms with van der Waals surface area (Å²) in [5.41, 5.74) is -1.08. The number of ketones is 1. The first-order valence-electron chi connectivity index (χ1n) is 10.8. The summed E-state index contributed by atoms with van der Waals surface area (Å²) in [5.74, 6) is -0.479. The molecule has 1 heterocycles. The van der Waals surface area contributed by atoms with E-state index in [4.69, 9.17) is 4.74 Å². The lowest BCUT2D eigenvalue weighted by molar-refractivity contribution is -0.199. The van der Waals surface area contributed by atoms with Gasteiger partial charge < -0.3 is 20.1 Å². The molecule has 4 aliphatic carbocycles. The molecule has 7 heteroatoms. The third-order valence-corrected chi connectivity index (χ3v) is 11.4. The van der Waals surface area contributed by atoms with E-state index < -0.39 is 27.6 Å². The van der Waals surface area contributed by atoms with E-state index in [1.54, 1.807) is 0 Å². The summed E-state index contributed by atoms with van der Waals surface area (Å²) in [6, 6.07) is 0. The van der Waals surface area contributed by atoms with Crippen molar-refractivity contribution in [3.8, 4) is 0 Å². The predicted octanol–water partition coefficient (Wildman–Crippen LogP) is 2.94. The molecule has 29 heavy (non-hydrogen) atoms. The number of alkyl halides is 1. The molecular formula is C22H29BrO6. The molecule has 2 bridgehead atoms. The van der Waals surface area contributed by atoms with Gasteiger partial charge >= 0.3 is 5.97 Å². The Balaban J connectivity index is 1.59. The second-order valence-corrected chi connectivity index (χ2v) is 11.5. The van der Waals surface area contributed by atoms with Gasteiger partial charge in [-0.1, -0.05) is 28.4 Å². The average Bonchev–Trinajstić information content (AvgIpc) is 3.14. The first-order valence-corrected chi connectivity index (χ1v) is 11.6. The van der Waals surface area contributed by atoms with E-state index in [9.17, 15) is 24.9 Å². The van der Waals surface area contributed by atoms with Gasteiger partial charge in [0.1, 0.15) is 0 Å². The Morgan fingerprint density at radius 3 is 2.76 bits per heavy atom. The smallest absolute Gasteiger partial charge is 0.303 e. The van der Waals surface area contributed by atoms with E-state index >= 15 is 0 Å². The molecule has 1 spiro atoms. The van der Waals surface area contributed by atoms with Crippen LogP contribution in [0.2, 0.25) is 0 Å². The molecule has 0 aromatic rings. The Labute approximate surface area is 178 Å². The van der Waals surface area contributed by atoms with Crippen LogP contribution in [0, 0.1) is 22.7 Å². The molecular weight excluding hydrogens is 440 g/mol. The number of ether oxygens (including phenoxy) is 1. The van der Waals surface area contributed by atoms with Gasteiger partial charge in [-0.3, -0.25) is 9.59 Å². The molecule has 1 saturated heterocycles. The van der Waals surface area contributed by atoms with Crippen molar-refractivity contribution in [1.82, 2.24) is 0 Å². The number of aliphatic carboxylic acids is 1. The number of rotatable bonds is 3. The van der Waals surface area contributed by atoms with Crippen LogP contribution < -0.4 is 0 Å². The van der Waals surface area contributed by atoms with Gasteiger partial charge in [-0.2, -0.15) is 0 Å². The normalized spacial score (nSPS) is 53.1. The number of halogens is 1. The molecule has 6 nitrogen and oxygen atoms in total. The van der Waals surface area contributed by atoms with Crippen molar-refractivity contribution in [2.75, 3.05) is 0 Å². The maximum atomic E-state index is 12.1. The van der Waals surface area contributed by atoms with Crippen molar-refractivity contribution in [2.45, 2.75) is 87.0 Å². The zero-order valence-corrected chi connectivity index (χ0v) is 18.3. The molecule has 0 aromatic carbocycles. The third-order valence-electron chi connectivity index (χ3n) is 9.39. The van der Waals surface area contributed by atoms with Gasteiger partial charge in [0.15, 0.2) is 12.1 Å². The van der Waals surface area contributed by atoms with Gasteiger partial charge in [-0.25, -0.2) is 0 Å². The summed E-state index contributed by atoms with van der Waals surface area (Å²) in [5, 5.41) is 31.9. The Kier molecular flexibility index (Phi) is 4.27. The summed E-state index contributed by atoms with van der Waals surface area (Å²) in [4.78, 5) is 23.3.